The fraction of sp³-hybridized carbons (Fsp3) is 0.207. The number of amides is 1. The number of nitrogens with one attached hydrogen (secondary N) is 1. The molecule has 5 rings (SSSR count). The fourth-order valence-electron chi connectivity index (χ4n) is 4.63. The summed E-state index contributed by atoms with van der Waals surface area (Å²) >= 11 is 0. The molecule has 1 amide bonds. The van der Waals surface area contributed by atoms with Crippen molar-refractivity contribution in [2.24, 2.45) is 0 Å². The molecule has 0 bridgehead atoms. The summed E-state index contributed by atoms with van der Waals surface area (Å²) in [5, 5.41) is 12.6. The highest BCUT2D eigenvalue weighted by Gasteiger charge is 2.30. The van der Waals surface area contributed by atoms with Crippen LogP contribution in [0.25, 0.3) is 0 Å². The van der Waals surface area contributed by atoms with E-state index in [1.54, 1.807) is 6.33 Å². The van der Waals surface area contributed by atoms with E-state index in [4.69, 9.17) is 5.26 Å². The first kappa shape index (κ1) is 22.6. The number of hydrogen-bond acceptors (Lipinski definition) is 4. The Bertz CT molecular complexity index is 1380. The summed E-state index contributed by atoms with van der Waals surface area (Å²) in [7, 11) is 0. The van der Waals surface area contributed by atoms with Gasteiger partial charge in [-0.05, 0) is 53.8 Å². The van der Waals surface area contributed by atoms with E-state index in [-0.39, 0.29) is 11.9 Å². The molecule has 1 atom stereocenters. The van der Waals surface area contributed by atoms with Crippen LogP contribution in [0.3, 0.4) is 0 Å². The van der Waals surface area contributed by atoms with Crippen LogP contribution < -0.4 is 10.2 Å². The number of carbonyl (C=O) groups is 1. The van der Waals surface area contributed by atoms with Gasteiger partial charge in [0.1, 0.15) is 0 Å². The van der Waals surface area contributed by atoms with E-state index >= 15 is 0 Å². The number of para-hydroxylation sites is 1. The number of nitriles is 1. The van der Waals surface area contributed by atoms with Gasteiger partial charge in [-0.2, -0.15) is 5.26 Å². The third-order valence-corrected chi connectivity index (χ3v) is 6.61. The van der Waals surface area contributed by atoms with Gasteiger partial charge in [0, 0.05) is 25.0 Å². The number of benzene rings is 3. The van der Waals surface area contributed by atoms with Crippen molar-refractivity contribution in [1.82, 2.24) is 14.9 Å². The Morgan fingerprint density at radius 2 is 1.77 bits per heavy atom. The van der Waals surface area contributed by atoms with Crippen LogP contribution in [0.5, 0.6) is 0 Å². The van der Waals surface area contributed by atoms with Gasteiger partial charge in [0.05, 0.1) is 36.2 Å². The summed E-state index contributed by atoms with van der Waals surface area (Å²) in [6.07, 6.45) is 4.28. The lowest BCUT2D eigenvalue weighted by Crippen LogP contribution is -2.46. The first-order chi connectivity index (χ1) is 17.1. The smallest absolute Gasteiger partial charge is 0.244 e. The predicted molar refractivity (Wildman–Crippen MR) is 136 cm³/mol. The minimum atomic E-state index is -0.350. The Hall–Kier alpha value is -4.21. The number of nitrogens with zero attached hydrogens (tertiary/aromatic N) is 4. The molecule has 1 aromatic heterocycles. The Kier molecular flexibility index (Phi) is 6.42. The maximum Gasteiger partial charge on any atom is 0.244 e. The minimum absolute atomic E-state index is 0.0775. The van der Waals surface area contributed by atoms with E-state index in [0.29, 0.717) is 31.6 Å². The first-order valence-electron chi connectivity index (χ1n) is 11.8. The molecule has 0 spiro atoms. The standard InChI is InChI=1S/C29H27N5O/c1-21-6-2-5-9-28(21)34-19-25-8-4-3-7-24(25)14-27(29(34)35)32-17-26-16-31-20-33(26)18-23-12-10-22(15-30)11-13-23/h2-13,16,20,27,32H,14,17-19H2,1H3/t27-/m0/s1. The van der Waals surface area contributed by atoms with Gasteiger partial charge < -0.3 is 9.47 Å². The molecule has 2 heterocycles. The lowest BCUT2D eigenvalue weighted by molar-refractivity contribution is -0.120. The molecule has 1 aliphatic rings. The minimum Gasteiger partial charge on any atom is -0.329 e. The summed E-state index contributed by atoms with van der Waals surface area (Å²) in [6.45, 7) is 3.79. The van der Waals surface area contributed by atoms with Crippen LogP contribution in [-0.4, -0.2) is 21.5 Å². The van der Waals surface area contributed by atoms with Crippen molar-refractivity contribution in [2.45, 2.75) is 39.0 Å². The van der Waals surface area contributed by atoms with Gasteiger partial charge in [-0.3, -0.25) is 10.1 Å². The zero-order chi connectivity index (χ0) is 24.2. The van der Waals surface area contributed by atoms with Crippen LogP contribution in [0.4, 0.5) is 5.69 Å². The largest absolute Gasteiger partial charge is 0.329 e. The molecular weight excluding hydrogens is 434 g/mol. The number of aryl methyl sites for hydroxylation is 1. The summed E-state index contributed by atoms with van der Waals surface area (Å²) in [5.41, 5.74) is 7.15. The van der Waals surface area contributed by atoms with Gasteiger partial charge in [0.15, 0.2) is 0 Å². The number of hydrogen-bond donors (Lipinski definition) is 1. The molecule has 6 nitrogen and oxygen atoms in total. The molecule has 6 heteroatoms. The summed E-state index contributed by atoms with van der Waals surface area (Å²) in [6, 6.07) is 25.7. The maximum absolute atomic E-state index is 13.8. The normalized spacial score (nSPS) is 15.4. The molecule has 1 aliphatic heterocycles. The number of carbonyl (C=O) groups excluding carboxylic acids is 1. The molecule has 0 saturated carbocycles. The third-order valence-electron chi connectivity index (χ3n) is 6.61. The van der Waals surface area contributed by atoms with Crippen molar-refractivity contribution < 1.29 is 4.79 Å². The van der Waals surface area contributed by atoms with Crippen molar-refractivity contribution in [1.29, 1.82) is 5.26 Å². The lowest BCUT2D eigenvalue weighted by atomic mass is 10.0. The molecule has 0 fully saturated rings. The number of imidazole rings is 1. The van der Waals surface area contributed by atoms with Gasteiger partial charge in [0.25, 0.3) is 0 Å². The van der Waals surface area contributed by atoms with Crippen molar-refractivity contribution in [3.05, 3.63) is 119 Å². The summed E-state index contributed by atoms with van der Waals surface area (Å²) in [5.74, 6) is 0.0775. The SMILES string of the molecule is Cc1ccccc1N1Cc2ccccc2C[C@H](NCc2cncn2Cc2ccc(C#N)cc2)C1=O. The second-order valence-electron chi connectivity index (χ2n) is 8.94. The molecule has 0 saturated heterocycles. The van der Waals surface area contributed by atoms with Crippen LogP contribution in [-0.2, 0) is 30.8 Å². The molecule has 4 aromatic rings. The zero-order valence-electron chi connectivity index (χ0n) is 19.7. The molecule has 0 unspecified atom stereocenters. The highest BCUT2D eigenvalue weighted by atomic mass is 16.2. The van der Waals surface area contributed by atoms with E-state index in [0.717, 1.165) is 22.5 Å². The van der Waals surface area contributed by atoms with Crippen LogP contribution >= 0.6 is 0 Å². The topological polar surface area (TPSA) is 74.0 Å². The predicted octanol–water partition coefficient (Wildman–Crippen LogP) is 4.36. The Balaban J connectivity index is 1.37. The molecule has 0 radical (unpaired) electrons. The van der Waals surface area contributed by atoms with E-state index < -0.39 is 0 Å². The van der Waals surface area contributed by atoms with Crippen LogP contribution in [0.15, 0.2) is 85.3 Å². The highest BCUT2D eigenvalue weighted by Crippen LogP contribution is 2.27. The average molecular weight is 462 g/mol. The molecule has 3 aromatic carbocycles. The fourth-order valence-corrected chi connectivity index (χ4v) is 4.63. The number of rotatable bonds is 6. The summed E-state index contributed by atoms with van der Waals surface area (Å²) < 4.78 is 2.07. The van der Waals surface area contributed by atoms with Crippen LogP contribution in [0, 0.1) is 18.3 Å². The Morgan fingerprint density at radius 3 is 2.54 bits per heavy atom. The van der Waals surface area contributed by atoms with Crippen molar-refractivity contribution >= 4 is 11.6 Å². The zero-order valence-corrected chi connectivity index (χ0v) is 19.7. The third kappa shape index (κ3) is 4.86. The van der Waals surface area contributed by atoms with Crippen LogP contribution in [0.1, 0.15) is 33.5 Å². The van der Waals surface area contributed by atoms with E-state index in [9.17, 15) is 4.79 Å². The second kappa shape index (κ2) is 9.96. The average Bonchev–Trinajstić information content (AvgIpc) is 3.27. The van der Waals surface area contributed by atoms with Crippen molar-refractivity contribution in [3.8, 4) is 6.07 Å². The molecule has 1 N–H and O–H groups in total. The number of fused-ring (bicyclic) bond motifs is 1. The molecule has 0 aliphatic carbocycles. The highest BCUT2D eigenvalue weighted by molar-refractivity contribution is 5.98. The second-order valence-corrected chi connectivity index (χ2v) is 8.94. The van der Waals surface area contributed by atoms with E-state index in [1.165, 1.54) is 11.1 Å². The Labute approximate surface area is 205 Å². The lowest BCUT2D eigenvalue weighted by Gasteiger charge is -2.26. The van der Waals surface area contributed by atoms with E-state index in [2.05, 4.69) is 33.1 Å². The number of aromatic nitrogens is 2. The van der Waals surface area contributed by atoms with Gasteiger partial charge in [-0.25, -0.2) is 4.98 Å². The monoisotopic (exact) mass is 461 g/mol. The van der Waals surface area contributed by atoms with Gasteiger partial charge in [-0.1, -0.05) is 54.6 Å². The quantitative estimate of drug-likeness (QED) is 0.463. The van der Waals surface area contributed by atoms with Gasteiger partial charge >= 0.3 is 0 Å². The van der Waals surface area contributed by atoms with Gasteiger partial charge in [0.2, 0.25) is 5.91 Å². The van der Waals surface area contributed by atoms with Gasteiger partial charge in [-0.15, -0.1) is 0 Å². The van der Waals surface area contributed by atoms with Crippen molar-refractivity contribution in [2.75, 3.05) is 4.90 Å². The maximum atomic E-state index is 13.8. The Morgan fingerprint density at radius 1 is 1.03 bits per heavy atom. The first-order valence-corrected chi connectivity index (χ1v) is 11.8. The molecular formula is C29H27N5O. The number of anilines is 1. The van der Waals surface area contributed by atoms with E-state index in [1.807, 2.05) is 78.7 Å². The van der Waals surface area contributed by atoms with Crippen LogP contribution in [0.2, 0.25) is 0 Å². The molecule has 174 valence electrons. The summed E-state index contributed by atoms with van der Waals surface area (Å²) in [4.78, 5) is 20.0. The molecule has 35 heavy (non-hydrogen) atoms. The van der Waals surface area contributed by atoms with Crippen molar-refractivity contribution in [3.63, 3.8) is 0 Å².